The molecule has 4 heteroatoms. The number of Topliss-reactive ketones (excluding diaryl/α,β-unsaturated/α-hetero) is 1. The Kier molecular flexibility index (Phi) is 4.15. The molecule has 1 aliphatic carbocycles. The molecule has 2 nitrogen and oxygen atoms in total. The zero-order valence-electron chi connectivity index (χ0n) is 9.42. The van der Waals surface area contributed by atoms with Gasteiger partial charge in [-0.1, -0.05) is 12.8 Å². The zero-order chi connectivity index (χ0) is 12.3. The van der Waals surface area contributed by atoms with Gasteiger partial charge >= 0.3 is 0 Å². The molecule has 0 saturated heterocycles. The van der Waals surface area contributed by atoms with Gasteiger partial charge in [0, 0.05) is 12.0 Å². The summed E-state index contributed by atoms with van der Waals surface area (Å²) in [7, 11) is 0. The van der Waals surface area contributed by atoms with E-state index >= 15 is 0 Å². The lowest BCUT2D eigenvalue weighted by Crippen LogP contribution is -2.19. The molecule has 0 bridgehead atoms. The number of rotatable bonds is 4. The fourth-order valence-corrected chi connectivity index (χ4v) is 2.46. The molecule has 1 aromatic carbocycles. The van der Waals surface area contributed by atoms with Gasteiger partial charge in [0.2, 0.25) is 0 Å². The minimum Gasteiger partial charge on any atom is -0.485 e. The van der Waals surface area contributed by atoms with Crippen LogP contribution in [0, 0.1) is 11.7 Å². The minimum absolute atomic E-state index is 0.0344. The van der Waals surface area contributed by atoms with Gasteiger partial charge in [-0.2, -0.15) is 0 Å². The van der Waals surface area contributed by atoms with Crippen LogP contribution in [0.2, 0.25) is 0 Å². The van der Waals surface area contributed by atoms with Gasteiger partial charge in [0.15, 0.2) is 5.78 Å². The number of benzene rings is 1. The summed E-state index contributed by atoms with van der Waals surface area (Å²) in [5.74, 6) is 0.286. The molecule has 1 fully saturated rings. The first-order valence-electron chi connectivity index (χ1n) is 5.77. The van der Waals surface area contributed by atoms with Crippen molar-refractivity contribution >= 4 is 21.7 Å². The van der Waals surface area contributed by atoms with Crippen molar-refractivity contribution in [2.24, 2.45) is 5.92 Å². The lowest BCUT2D eigenvalue weighted by atomic mass is 10.0. The first-order valence-corrected chi connectivity index (χ1v) is 6.56. The van der Waals surface area contributed by atoms with E-state index in [0.29, 0.717) is 10.2 Å². The Morgan fingerprint density at radius 3 is 2.82 bits per heavy atom. The van der Waals surface area contributed by atoms with Crippen molar-refractivity contribution in [1.82, 2.24) is 0 Å². The van der Waals surface area contributed by atoms with E-state index in [4.69, 9.17) is 4.74 Å². The predicted molar refractivity (Wildman–Crippen MR) is 66.6 cm³/mol. The lowest BCUT2D eigenvalue weighted by Gasteiger charge is -2.10. The highest BCUT2D eigenvalue weighted by Gasteiger charge is 2.23. The Morgan fingerprint density at radius 1 is 1.41 bits per heavy atom. The van der Waals surface area contributed by atoms with Crippen LogP contribution in [0.25, 0.3) is 0 Å². The van der Waals surface area contributed by atoms with Crippen LogP contribution in [0.1, 0.15) is 25.7 Å². The number of halogens is 2. The molecule has 0 spiro atoms. The maximum atomic E-state index is 13.0. The van der Waals surface area contributed by atoms with E-state index in [9.17, 15) is 9.18 Å². The second-order valence-corrected chi connectivity index (χ2v) is 5.17. The molecule has 0 aliphatic heterocycles. The van der Waals surface area contributed by atoms with Gasteiger partial charge in [0.1, 0.15) is 18.2 Å². The second-order valence-electron chi connectivity index (χ2n) is 4.31. The predicted octanol–water partition coefficient (Wildman–Crippen LogP) is 3.73. The van der Waals surface area contributed by atoms with Crippen LogP contribution in [0.3, 0.4) is 0 Å². The van der Waals surface area contributed by atoms with E-state index < -0.39 is 0 Å². The third kappa shape index (κ3) is 3.28. The number of hydrogen-bond acceptors (Lipinski definition) is 2. The van der Waals surface area contributed by atoms with Gasteiger partial charge in [-0.05, 0) is 40.9 Å². The summed E-state index contributed by atoms with van der Waals surface area (Å²) < 4.78 is 19.0. The summed E-state index contributed by atoms with van der Waals surface area (Å²) in [4.78, 5) is 11.8. The number of hydrogen-bond donors (Lipinski definition) is 0. The van der Waals surface area contributed by atoms with Crippen LogP contribution in [0.5, 0.6) is 5.75 Å². The van der Waals surface area contributed by atoms with Gasteiger partial charge in [-0.15, -0.1) is 0 Å². The van der Waals surface area contributed by atoms with Gasteiger partial charge in [-0.3, -0.25) is 4.79 Å². The van der Waals surface area contributed by atoms with E-state index in [-0.39, 0.29) is 24.1 Å². The fraction of sp³-hybridized carbons (Fsp3) is 0.462. The Balaban J connectivity index is 1.92. The molecule has 17 heavy (non-hydrogen) atoms. The zero-order valence-corrected chi connectivity index (χ0v) is 11.0. The van der Waals surface area contributed by atoms with Crippen LogP contribution >= 0.6 is 15.9 Å². The summed E-state index contributed by atoms with van der Waals surface area (Å²) in [5, 5.41) is 0. The second kappa shape index (κ2) is 5.63. The van der Waals surface area contributed by atoms with Crippen LogP contribution in [-0.4, -0.2) is 12.4 Å². The quantitative estimate of drug-likeness (QED) is 0.847. The molecule has 1 aromatic rings. The average Bonchev–Trinajstić information content (AvgIpc) is 2.83. The summed E-state index contributed by atoms with van der Waals surface area (Å²) >= 11 is 3.26. The van der Waals surface area contributed by atoms with Crippen molar-refractivity contribution in [2.45, 2.75) is 25.7 Å². The van der Waals surface area contributed by atoms with Gasteiger partial charge in [0.05, 0.1) is 4.47 Å². The van der Waals surface area contributed by atoms with Crippen molar-refractivity contribution in [3.63, 3.8) is 0 Å². The number of carbonyl (C=O) groups excluding carboxylic acids is 1. The van der Waals surface area contributed by atoms with Gasteiger partial charge in [-0.25, -0.2) is 4.39 Å². The first-order chi connectivity index (χ1) is 8.16. The summed E-state index contributed by atoms with van der Waals surface area (Å²) in [5.41, 5.74) is 0. The van der Waals surface area contributed by atoms with Crippen LogP contribution in [0.15, 0.2) is 22.7 Å². The SMILES string of the molecule is O=C(COc1cc(F)ccc1Br)C1CCCC1. The molecule has 0 amide bonds. The number of ether oxygens (including phenoxy) is 1. The Bertz CT molecular complexity index is 414. The minimum atomic E-state index is -0.364. The molecule has 0 aromatic heterocycles. The van der Waals surface area contributed by atoms with Crippen molar-refractivity contribution < 1.29 is 13.9 Å². The molecule has 0 radical (unpaired) electrons. The normalized spacial score (nSPS) is 16.1. The maximum Gasteiger partial charge on any atom is 0.173 e. The van der Waals surface area contributed by atoms with Crippen molar-refractivity contribution in [2.75, 3.05) is 6.61 Å². The van der Waals surface area contributed by atoms with E-state index in [0.717, 1.165) is 25.7 Å². The molecular weight excluding hydrogens is 287 g/mol. The van der Waals surface area contributed by atoms with Crippen molar-refractivity contribution in [3.05, 3.63) is 28.5 Å². The van der Waals surface area contributed by atoms with E-state index in [1.54, 1.807) is 6.07 Å². The molecular formula is C13H14BrFO2. The first kappa shape index (κ1) is 12.6. The number of ketones is 1. The van der Waals surface area contributed by atoms with Crippen molar-refractivity contribution in [1.29, 1.82) is 0 Å². The topological polar surface area (TPSA) is 26.3 Å². The monoisotopic (exact) mass is 300 g/mol. The third-order valence-corrected chi connectivity index (χ3v) is 3.73. The van der Waals surface area contributed by atoms with Crippen LogP contribution in [-0.2, 0) is 4.79 Å². The molecule has 1 aliphatic rings. The molecule has 2 rings (SSSR count). The van der Waals surface area contributed by atoms with Crippen LogP contribution < -0.4 is 4.74 Å². The van der Waals surface area contributed by atoms with E-state index in [2.05, 4.69) is 15.9 Å². The smallest absolute Gasteiger partial charge is 0.173 e. The van der Waals surface area contributed by atoms with E-state index in [1.165, 1.54) is 12.1 Å². The van der Waals surface area contributed by atoms with Crippen molar-refractivity contribution in [3.8, 4) is 5.75 Å². The van der Waals surface area contributed by atoms with Crippen LogP contribution in [0.4, 0.5) is 4.39 Å². The Morgan fingerprint density at radius 2 is 2.12 bits per heavy atom. The molecule has 0 heterocycles. The maximum absolute atomic E-state index is 13.0. The Hall–Kier alpha value is -0.900. The molecule has 1 saturated carbocycles. The highest BCUT2D eigenvalue weighted by atomic mass is 79.9. The standard InChI is InChI=1S/C13H14BrFO2/c14-11-6-5-10(15)7-13(11)17-8-12(16)9-3-1-2-4-9/h5-7,9H,1-4,8H2. The average molecular weight is 301 g/mol. The largest absolute Gasteiger partial charge is 0.485 e. The van der Waals surface area contributed by atoms with E-state index in [1.807, 2.05) is 0 Å². The molecule has 92 valence electrons. The fourth-order valence-electron chi connectivity index (χ4n) is 2.10. The molecule has 0 N–H and O–H groups in total. The molecule has 0 unspecified atom stereocenters. The summed E-state index contributed by atoms with van der Waals surface area (Å²) in [6.07, 6.45) is 4.18. The Labute approximate surface area is 108 Å². The van der Waals surface area contributed by atoms with Gasteiger partial charge in [0.25, 0.3) is 0 Å². The highest BCUT2D eigenvalue weighted by molar-refractivity contribution is 9.10. The van der Waals surface area contributed by atoms with Gasteiger partial charge < -0.3 is 4.74 Å². The molecule has 0 atom stereocenters. The number of carbonyl (C=O) groups is 1. The third-order valence-electron chi connectivity index (χ3n) is 3.07. The summed E-state index contributed by atoms with van der Waals surface area (Å²) in [6, 6.07) is 4.20. The highest BCUT2D eigenvalue weighted by Crippen LogP contribution is 2.28. The summed E-state index contributed by atoms with van der Waals surface area (Å²) in [6.45, 7) is 0.0344. The lowest BCUT2D eigenvalue weighted by molar-refractivity contribution is -0.124.